The van der Waals surface area contributed by atoms with Gasteiger partial charge in [0.2, 0.25) is 0 Å². The summed E-state index contributed by atoms with van der Waals surface area (Å²) in [5, 5.41) is 13.9. The first-order valence-corrected chi connectivity index (χ1v) is 6.49. The number of carboxylic acids is 1. The van der Waals surface area contributed by atoms with Crippen molar-refractivity contribution in [2.24, 2.45) is 0 Å². The fraction of sp³-hybridized carbons (Fsp3) is 0.636. The molecule has 0 aromatic rings. The highest BCUT2D eigenvalue weighted by Gasteiger charge is 2.23. The second-order valence-corrected chi connectivity index (χ2v) is 5.35. The van der Waals surface area contributed by atoms with Gasteiger partial charge in [-0.15, -0.1) is 6.58 Å². The SMILES string of the molecule is C=CCSCCNC(=O)NC(C)(C)CC(=O)O. The average Bonchev–Trinajstić information content (AvgIpc) is 2.14. The summed E-state index contributed by atoms with van der Waals surface area (Å²) < 4.78 is 0. The molecule has 6 heteroatoms. The van der Waals surface area contributed by atoms with E-state index in [2.05, 4.69) is 17.2 Å². The zero-order chi connectivity index (χ0) is 13.3. The lowest BCUT2D eigenvalue weighted by Crippen LogP contribution is -2.49. The minimum absolute atomic E-state index is 0.106. The van der Waals surface area contributed by atoms with E-state index in [0.717, 1.165) is 11.5 Å². The number of carbonyl (C=O) groups excluding carboxylic acids is 1. The lowest BCUT2D eigenvalue weighted by Gasteiger charge is -2.24. The fourth-order valence-corrected chi connectivity index (χ4v) is 1.76. The standard InChI is InChI=1S/C11H20N2O3S/c1-4-6-17-7-5-12-10(16)13-11(2,3)8-9(14)15/h4H,1,5-8H2,2-3H3,(H,14,15)(H2,12,13,16). The minimum atomic E-state index is -0.933. The summed E-state index contributed by atoms with van der Waals surface area (Å²) in [5.74, 6) is 0.726. The van der Waals surface area contributed by atoms with Gasteiger partial charge in [-0.3, -0.25) is 4.79 Å². The number of rotatable bonds is 8. The van der Waals surface area contributed by atoms with E-state index in [1.807, 2.05) is 0 Å². The van der Waals surface area contributed by atoms with Gasteiger partial charge in [-0.1, -0.05) is 6.08 Å². The van der Waals surface area contributed by atoms with Crippen molar-refractivity contribution in [2.45, 2.75) is 25.8 Å². The Morgan fingerprint density at radius 3 is 2.65 bits per heavy atom. The molecule has 0 fully saturated rings. The van der Waals surface area contributed by atoms with Crippen LogP contribution in [-0.4, -0.2) is 40.7 Å². The Hall–Kier alpha value is -1.17. The fourth-order valence-electron chi connectivity index (χ4n) is 1.18. The normalized spacial score (nSPS) is 10.7. The van der Waals surface area contributed by atoms with E-state index in [1.54, 1.807) is 31.7 Å². The number of nitrogens with one attached hydrogen (secondary N) is 2. The Morgan fingerprint density at radius 1 is 1.47 bits per heavy atom. The maximum Gasteiger partial charge on any atom is 0.315 e. The number of carbonyl (C=O) groups is 2. The molecule has 0 atom stereocenters. The average molecular weight is 260 g/mol. The van der Waals surface area contributed by atoms with E-state index in [0.29, 0.717) is 6.54 Å². The van der Waals surface area contributed by atoms with Crippen LogP contribution in [0.4, 0.5) is 4.79 Å². The predicted molar refractivity (Wildman–Crippen MR) is 70.4 cm³/mol. The highest BCUT2D eigenvalue weighted by molar-refractivity contribution is 7.99. The van der Waals surface area contributed by atoms with Gasteiger partial charge in [0.25, 0.3) is 0 Å². The van der Waals surface area contributed by atoms with E-state index in [-0.39, 0.29) is 12.5 Å². The van der Waals surface area contributed by atoms with Crippen LogP contribution in [0.2, 0.25) is 0 Å². The molecule has 0 aromatic carbocycles. The maximum atomic E-state index is 11.4. The van der Waals surface area contributed by atoms with E-state index in [1.165, 1.54) is 0 Å². The third kappa shape index (κ3) is 9.74. The number of hydrogen-bond acceptors (Lipinski definition) is 3. The molecule has 0 radical (unpaired) electrons. The molecule has 2 amide bonds. The van der Waals surface area contributed by atoms with Gasteiger partial charge in [0, 0.05) is 23.6 Å². The van der Waals surface area contributed by atoms with Crippen molar-refractivity contribution in [1.82, 2.24) is 10.6 Å². The molecule has 0 unspecified atom stereocenters. The molecule has 0 bridgehead atoms. The molecular formula is C11H20N2O3S. The molecule has 0 heterocycles. The van der Waals surface area contributed by atoms with Gasteiger partial charge < -0.3 is 15.7 Å². The third-order valence-electron chi connectivity index (χ3n) is 1.81. The Kier molecular flexibility index (Phi) is 7.45. The van der Waals surface area contributed by atoms with Crippen LogP contribution in [0.15, 0.2) is 12.7 Å². The van der Waals surface area contributed by atoms with E-state index in [4.69, 9.17) is 5.11 Å². The third-order valence-corrected chi connectivity index (χ3v) is 2.78. The first kappa shape index (κ1) is 15.8. The second-order valence-electron chi connectivity index (χ2n) is 4.20. The van der Waals surface area contributed by atoms with Crippen molar-refractivity contribution in [3.05, 3.63) is 12.7 Å². The molecule has 0 aliphatic carbocycles. The Labute approximate surface area is 106 Å². The topological polar surface area (TPSA) is 78.4 Å². The van der Waals surface area contributed by atoms with Gasteiger partial charge in [0.05, 0.1) is 6.42 Å². The van der Waals surface area contributed by atoms with E-state index in [9.17, 15) is 9.59 Å². The highest BCUT2D eigenvalue weighted by Crippen LogP contribution is 2.07. The molecule has 3 N–H and O–H groups in total. The van der Waals surface area contributed by atoms with Crippen molar-refractivity contribution in [3.8, 4) is 0 Å². The van der Waals surface area contributed by atoms with Crippen molar-refractivity contribution in [3.63, 3.8) is 0 Å². The zero-order valence-corrected chi connectivity index (χ0v) is 11.1. The van der Waals surface area contributed by atoms with Gasteiger partial charge in [-0.25, -0.2) is 4.79 Å². The Bertz CT molecular complexity index is 280. The van der Waals surface area contributed by atoms with Crippen molar-refractivity contribution < 1.29 is 14.7 Å². The van der Waals surface area contributed by atoms with Gasteiger partial charge in [0.1, 0.15) is 0 Å². The molecular weight excluding hydrogens is 240 g/mol. The molecule has 17 heavy (non-hydrogen) atoms. The molecule has 98 valence electrons. The lowest BCUT2D eigenvalue weighted by atomic mass is 10.0. The smallest absolute Gasteiger partial charge is 0.315 e. The summed E-state index contributed by atoms with van der Waals surface area (Å²) >= 11 is 1.67. The van der Waals surface area contributed by atoms with Gasteiger partial charge in [-0.2, -0.15) is 11.8 Å². The number of thioether (sulfide) groups is 1. The quantitative estimate of drug-likeness (QED) is 0.456. The minimum Gasteiger partial charge on any atom is -0.481 e. The van der Waals surface area contributed by atoms with Gasteiger partial charge >= 0.3 is 12.0 Å². The number of hydrogen-bond donors (Lipinski definition) is 3. The number of aliphatic carboxylic acids is 1. The molecule has 0 rings (SSSR count). The first-order valence-electron chi connectivity index (χ1n) is 5.34. The summed E-state index contributed by atoms with van der Waals surface area (Å²) in [5.41, 5.74) is -0.746. The Morgan fingerprint density at radius 2 is 2.12 bits per heavy atom. The first-order chi connectivity index (χ1) is 7.87. The van der Waals surface area contributed by atoms with Crippen LogP contribution in [0, 0.1) is 0 Å². The molecule has 0 aliphatic rings. The van der Waals surface area contributed by atoms with Crippen molar-refractivity contribution in [2.75, 3.05) is 18.1 Å². The van der Waals surface area contributed by atoms with Crippen LogP contribution in [0.25, 0.3) is 0 Å². The van der Waals surface area contributed by atoms with Crippen LogP contribution >= 0.6 is 11.8 Å². The predicted octanol–water partition coefficient (Wildman–Crippen LogP) is 1.46. The van der Waals surface area contributed by atoms with E-state index >= 15 is 0 Å². The summed E-state index contributed by atoms with van der Waals surface area (Å²) in [7, 11) is 0. The van der Waals surface area contributed by atoms with E-state index < -0.39 is 11.5 Å². The summed E-state index contributed by atoms with van der Waals surface area (Å²) in [6, 6.07) is -0.338. The summed E-state index contributed by atoms with van der Waals surface area (Å²) in [4.78, 5) is 22.0. The maximum absolute atomic E-state index is 11.4. The van der Waals surface area contributed by atoms with Crippen molar-refractivity contribution in [1.29, 1.82) is 0 Å². The van der Waals surface area contributed by atoms with Crippen LogP contribution in [0.5, 0.6) is 0 Å². The second kappa shape index (κ2) is 8.00. The Balaban J connectivity index is 3.77. The van der Waals surface area contributed by atoms with Crippen molar-refractivity contribution >= 4 is 23.8 Å². The van der Waals surface area contributed by atoms with Crippen LogP contribution in [-0.2, 0) is 4.79 Å². The number of amides is 2. The largest absolute Gasteiger partial charge is 0.481 e. The lowest BCUT2D eigenvalue weighted by molar-refractivity contribution is -0.138. The van der Waals surface area contributed by atoms with Gasteiger partial charge in [0.15, 0.2) is 0 Å². The molecule has 0 spiro atoms. The van der Waals surface area contributed by atoms with Gasteiger partial charge in [-0.05, 0) is 13.8 Å². The summed E-state index contributed by atoms with van der Waals surface area (Å²) in [6.07, 6.45) is 1.70. The number of urea groups is 1. The van der Waals surface area contributed by atoms with Crippen LogP contribution < -0.4 is 10.6 Å². The summed E-state index contributed by atoms with van der Waals surface area (Å²) in [6.45, 7) is 7.49. The monoisotopic (exact) mass is 260 g/mol. The molecule has 0 saturated heterocycles. The molecule has 0 aliphatic heterocycles. The highest BCUT2D eigenvalue weighted by atomic mass is 32.2. The molecule has 5 nitrogen and oxygen atoms in total. The number of carboxylic acid groups (broad SMARTS) is 1. The molecule has 0 saturated carbocycles. The molecule has 0 aromatic heterocycles. The van der Waals surface area contributed by atoms with Crippen LogP contribution in [0.3, 0.4) is 0 Å². The zero-order valence-electron chi connectivity index (χ0n) is 10.3. The van der Waals surface area contributed by atoms with Crippen LogP contribution in [0.1, 0.15) is 20.3 Å².